The average Bonchev–Trinajstić information content (AvgIpc) is 2.43. The molecule has 0 spiro atoms. The second kappa shape index (κ2) is 7.26. The molecule has 118 valence electrons. The van der Waals surface area contributed by atoms with Crippen molar-refractivity contribution in [2.45, 2.75) is 72.4 Å². The fraction of sp³-hybridized carbons (Fsp3) is 0.722. The van der Waals surface area contributed by atoms with Crippen LogP contribution in [-0.4, -0.2) is 11.1 Å². The summed E-state index contributed by atoms with van der Waals surface area (Å²) in [6, 6.07) is 2.60. The lowest BCUT2D eigenvalue weighted by molar-refractivity contribution is 0.340. The molecule has 21 heavy (non-hydrogen) atoms. The molecule has 3 heteroatoms. The van der Waals surface area contributed by atoms with E-state index < -0.39 is 0 Å². The standard InChI is InChI=1S/C18H30N2O/c1-13(2)11-19-12-17-14(3)10-15(4)20(18(17)21)16-8-6-5-7-9-16/h10,13,16,19H,5-9,11-12H2,1-4H3. The van der Waals surface area contributed by atoms with E-state index in [4.69, 9.17) is 0 Å². The van der Waals surface area contributed by atoms with Crippen LogP contribution in [0.25, 0.3) is 0 Å². The Kier molecular flexibility index (Phi) is 5.63. The van der Waals surface area contributed by atoms with E-state index in [1.807, 2.05) is 0 Å². The lowest BCUT2D eigenvalue weighted by Gasteiger charge is -2.27. The topological polar surface area (TPSA) is 34.0 Å². The lowest BCUT2D eigenvalue weighted by atomic mass is 9.94. The zero-order valence-corrected chi connectivity index (χ0v) is 14.0. The van der Waals surface area contributed by atoms with E-state index in [0.29, 0.717) is 18.5 Å². The molecule has 1 aromatic heterocycles. The first-order valence-electron chi connectivity index (χ1n) is 8.43. The molecule has 0 amide bonds. The third-order valence-electron chi connectivity index (χ3n) is 4.55. The Morgan fingerprint density at radius 3 is 2.52 bits per heavy atom. The summed E-state index contributed by atoms with van der Waals surface area (Å²) in [7, 11) is 0. The van der Waals surface area contributed by atoms with Crippen molar-refractivity contribution in [1.82, 2.24) is 9.88 Å². The third-order valence-corrected chi connectivity index (χ3v) is 4.55. The predicted molar refractivity (Wildman–Crippen MR) is 88.8 cm³/mol. The largest absolute Gasteiger partial charge is 0.312 e. The maximum absolute atomic E-state index is 12.9. The van der Waals surface area contributed by atoms with E-state index in [9.17, 15) is 4.79 Å². The zero-order chi connectivity index (χ0) is 15.4. The molecular formula is C18H30N2O. The van der Waals surface area contributed by atoms with Crippen LogP contribution in [0, 0.1) is 19.8 Å². The summed E-state index contributed by atoms with van der Waals surface area (Å²) < 4.78 is 2.07. The number of hydrogen-bond acceptors (Lipinski definition) is 2. The summed E-state index contributed by atoms with van der Waals surface area (Å²) in [4.78, 5) is 12.9. The van der Waals surface area contributed by atoms with Crippen molar-refractivity contribution in [3.63, 3.8) is 0 Å². The average molecular weight is 290 g/mol. The molecule has 1 heterocycles. The van der Waals surface area contributed by atoms with Gasteiger partial charge in [-0.05, 0) is 50.8 Å². The number of nitrogens with zero attached hydrogens (tertiary/aromatic N) is 1. The van der Waals surface area contributed by atoms with Gasteiger partial charge in [-0.25, -0.2) is 0 Å². The van der Waals surface area contributed by atoms with Crippen LogP contribution in [0.2, 0.25) is 0 Å². The van der Waals surface area contributed by atoms with Crippen molar-refractivity contribution in [1.29, 1.82) is 0 Å². The van der Waals surface area contributed by atoms with Crippen molar-refractivity contribution < 1.29 is 0 Å². The van der Waals surface area contributed by atoms with E-state index in [1.165, 1.54) is 19.3 Å². The van der Waals surface area contributed by atoms with Crippen molar-refractivity contribution in [3.05, 3.63) is 33.2 Å². The van der Waals surface area contributed by atoms with E-state index in [2.05, 4.69) is 43.6 Å². The summed E-state index contributed by atoms with van der Waals surface area (Å²) in [5.41, 5.74) is 3.43. The highest BCUT2D eigenvalue weighted by atomic mass is 16.1. The highest BCUT2D eigenvalue weighted by Gasteiger charge is 2.20. The molecule has 0 atom stereocenters. The number of rotatable bonds is 5. The van der Waals surface area contributed by atoms with Crippen LogP contribution in [0.3, 0.4) is 0 Å². The Morgan fingerprint density at radius 1 is 1.24 bits per heavy atom. The molecule has 1 saturated carbocycles. The van der Waals surface area contributed by atoms with Crippen molar-refractivity contribution >= 4 is 0 Å². The van der Waals surface area contributed by atoms with E-state index in [1.54, 1.807) is 0 Å². The second-order valence-electron chi connectivity index (χ2n) is 6.94. The van der Waals surface area contributed by atoms with Crippen molar-refractivity contribution in [2.75, 3.05) is 6.54 Å². The maximum atomic E-state index is 12.9. The second-order valence-corrected chi connectivity index (χ2v) is 6.94. The SMILES string of the molecule is Cc1cc(C)n(C2CCCCC2)c(=O)c1CNCC(C)C. The smallest absolute Gasteiger partial charge is 0.255 e. The number of pyridine rings is 1. The minimum absolute atomic E-state index is 0.232. The molecule has 0 radical (unpaired) electrons. The summed E-state index contributed by atoms with van der Waals surface area (Å²) >= 11 is 0. The monoisotopic (exact) mass is 290 g/mol. The van der Waals surface area contributed by atoms with Crippen LogP contribution in [0.15, 0.2) is 10.9 Å². The first-order valence-corrected chi connectivity index (χ1v) is 8.43. The van der Waals surface area contributed by atoms with Gasteiger partial charge in [-0.3, -0.25) is 4.79 Å². The van der Waals surface area contributed by atoms with Gasteiger partial charge in [0, 0.05) is 23.8 Å². The molecule has 1 aliphatic rings. The maximum Gasteiger partial charge on any atom is 0.255 e. The lowest BCUT2D eigenvalue weighted by Crippen LogP contribution is -2.33. The molecule has 0 aromatic carbocycles. The fourth-order valence-electron chi connectivity index (χ4n) is 3.44. The van der Waals surface area contributed by atoms with Crippen LogP contribution >= 0.6 is 0 Å². The zero-order valence-electron chi connectivity index (χ0n) is 14.0. The van der Waals surface area contributed by atoms with E-state index >= 15 is 0 Å². The van der Waals surface area contributed by atoms with Gasteiger partial charge in [-0.15, -0.1) is 0 Å². The van der Waals surface area contributed by atoms with Crippen LogP contribution in [-0.2, 0) is 6.54 Å². The highest BCUT2D eigenvalue weighted by molar-refractivity contribution is 5.26. The summed E-state index contributed by atoms with van der Waals surface area (Å²) in [5, 5.41) is 3.42. The molecular weight excluding hydrogens is 260 g/mol. The Hall–Kier alpha value is -1.09. The van der Waals surface area contributed by atoms with Crippen LogP contribution in [0.5, 0.6) is 0 Å². The van der Waals surface area contributed by atoms with Gasteiger partial charge >= 0.3 is 0 Å². The molecule has 1 fully saturated rings. The van der Waals surface area contributed by atoms with Gasteiger partial charge in [-0.2, -0.15) is 0 Å². The molecule has 1 aromatic rings. The van der Waals surface area contributed by atoms with Crippen molar-refractivity contribution in [3.8, 4) is 0 Å². The first kappa shape index (κ1) is 16.3. The Labute approximate surface area is 128 Å². The number of hydrogen-bond donors (Lipinski definition) is 1. The first-order chi connectivity index (χ1) is 10.0. The summed E-state index contributed by atoms with van der Waals surface area (Å²) in [5.74, 6) is 0.608. The van der Waals surface area contributed by atoms with Gasteiger partial charge in [0.05, 0.1) is 0 Å². The Balaban J connectivity index is 2.26. The van der Waals surface area contributed by atoms with Gasteiger partial charge in [0.1, 0.15) is 0 Å². The molecule has 0 aliphatic heterocycles. The normalized spacial score (nSPS) is 16.6. The number of aryl methyl sites for hydroxylation is 2. The van der Waals surface area contributed by atoms with Gasteiger partial charge in [0.25, 0.3) is 5.56 Å². The van der Waals surface area contributed by atoms with Crippen LogP contribution in [0.4, 0.5) is 0 Å². The molecule has 0 saturated heterocycles. The van der Waals surface area contributed by atoms with Crippen LogP contribution < -0.4 is 10.9 Å². The molecule has 0 unspecified atom stereocenters. The predicted octanol–water partition coefficient (Wildman–Crippen LogP) is 3.72. The van der Waals surface area contributed by atoms with Gasteiger partial charge < -0.3 is 9.88 Å². The van der Waals surface area contributed by atoms with E-state index in [0.717, 1.165) is 36.2 Å². The quantitative estimate of drug-likeness (QED) is 0.897. The molecule has 0 bridgehead atoms. The van der Waals surface area contributed by atoms with Gasteiger partial charge in [0.2, 0.25) is 0 Å². The Bertz CT molecular complexity index is 525. The highest BCUT2D eigenvalue weighted by Crippen LogP contribution is 2.28. The molecule has 1 N–H and O–H groups in total. The van der Waals surface area contributed by atoms with E-state index in [-0.39, 0.29) is 5.56 Å². The minimum Gasteiger partial charge on any atom is -0.312 e. The molecule has 3 nitrogen and oxygen atoms in total. The Morgan fingerprint density at radius 2 is 1.90 bits per heavy atom. The summed E-state index contributed by atoms with van der Waals surface area (Å²) in [6.07, 6.45) is 6.14. The molecule has 1 aliphatic carbocycles. The third kappa shape index (κ3) is 3.97. The number of nitrogens with one attached hydrogen (secondary N) is 1. The van der Waals surface area contributed by atoms with Gasteiger partial charge in [0.15, 0.2) is 0 Å². The fourth-order valence-corrected chi connectivity index (χ4v) is 3.44. The summed E-state index contributed by atoms with van der Waals surface area (Å²) in [6.45, 7) is 10.2. The van der Waals surface area contributed by atoms with Crippen molar-refractivity contribution in [2.24, 2.45) is 5.92 Å². The molecule has 2 rings (SSSR count). The van der Waals surface area contributed by atoms with Gasteiger partial charge in [-0.1, -0.05) is 33.1 Å². The van der Waals surface area contributed by atoms with Crippen LogP contribution in [0.1, 0.15) is 68.8 Å². The minimum atomic E-state index is 0.232. The number of aromatic nitrogens is 1.